The van der Waals surface area contributed by atoms with Gasteiger partial charge >= 0.3 is 0 Å². The van der Waals surface area contributed by atoms with Crippen molar-refractivity contribution in [1.82, 2.24) is 0 Å². The Labute approximate surface area is 126 Å². The maximum Gasteiger partial charge on any atom is 0.244 e. The maximum atomic E-state index is 12.4. The number of methoxy groups -OCH3 is 1. The van der Waals surface area contributed by atoms with Crippen molar-refractivity contribution in [3.05, 3.63) is 28.2 Å². The van der Waals surface area contributed by atoms with E-state index in [0.717, 1.165) is 15.7 Å². The number of benzene rings is 1. The van der Waals surface area contributed by atoms with Crippen LogP contribution in [0.5, 0.6) is 0 Å². The standard InChI is InChI=1S/C14H19BrN2O3/c1-19-9-10-11(15)3-2-4-12(10)17-13(18)14(16)5-7-20-8-6-14/h2-4H,5-9,16H2,1H3,(H,17,18). The third-order valence-corrected chi connectivity index (χ3v) is 4.24. The lowest BCUT2D eigenvalue weighted by molar-refractivity contribution is -0.124. The van der Waals surface area contributed by atoms with Crippen molar-refractivity contribution >= 4 is 27.5 Å². The molecule has 20 heavy (non-hydrogen) atoms. The van der Waals surface area contributed by atoms with E-state index in [1.807, 2.05) is 18.2 Å². The van der Waals surface area contributed by atoms with Crippen molar-refractivity contribution in [2.45, 2.75) is 25.0 Å². The van der Waals surface area contributed by atoms with Crippen molar-refractivity contribution in [3.63, 3.8) is 0 Å². The molecule has 0 unspecified atom stereocenters. The first-order valence-electron chi connectivity index (χ1n) is 6.51. The van der Waals surface area contributed by atoms with Gasteiger partial charge in [0, 0.05) is 36.0 Å². The number of rotatable bonds is 4. The zero-order valence-corrected chi connectivity index (χ0v) is 13.0. The van der Waals surface area contributed by atoms with E-state index in [4.69, 9.17) is 15.2 Å². The smallest absolute Gasteiger partial charge is 0.244 e. The fourth-order valence-corrected chi connectivity index (χ4v) is 2.66. The quantitative estimate of drug-likeness (QED) is 0.878. The van der Waals surface area contributed by atoms with Gasteiger partial charge in [0.15, 0.2) is 0 Å². The van der Waals surface area contributed by atoms with Gasteiger partial charge in [0.1, 0.15) is 5.54 Å². The summed E-state index contributed by atoms with van der Waals surface area (Å²) in [4.78, 5) is 12.4. The molecule has 1 aromatic rings. The number of carbonyl (C=O) groups is 1. The molecule has 1 heterocycles. The summed E-state index contributed by atoms with van der Waals surface area (Å²) in [6.45, 7) is 1.46. The number of nitrogens with one attached hydrogen (secondary N) is 1. The second-order valence-electron chi connectivity index (χ2n) is 4.92. The molecular weight excluding hydrogens is 324 g/mol. The van der Waals surface area contributed by atoms with Crippen LogP contribution in [0, 0.1) is 0 Å². The molecule has 5 nitrogen and oxygen atoms in total. The van der Waals surface area contributed by atoms with E-state index >= 15 is 0 Å². The molecule has 2 rings (SSSR count). The monoisotopic (exact) mass is 342 g/mol. The van der Waals surface area contributed by atoms with E-state index < -0.39 is 5.54 Å². The van der Waals surface area contributed by atoms with E-state index in [0.29, 0.717) is 32.7 Å². The van der Waals surface area contributed by atoms with Gasteiger partial charge in [0.05, 0.1) is 6.61 Å². The topological polar surface area (TPSA) is 73.6 Å². The van der Waals surface area contributed by atoms with Crippen LogP contribution in [0.3, 0.4) is 0 Å². The van der Waals surface area contributed by atoms with Gasteiger partial charge < -0.3 is 20.5 Å². The fraction of sp³-hybridized carbons (Fsp3) is 0.500. The van der Waals surface area contributed by atoms with E-state index in [1.54, 1.807) is 7.11 Å². The van der Waals surface area contributed by atoms with Gasteiger partial charge in [0.25, 0.3) is 0 Å². The molecule has 0 radical (unpaired) electrons. The van der Waals surface area contributed by atoms with Crippen LogP contribution >= 0.6 is 15.9 Å². The molecule has 0 spiro atoms. The van der Waals surface area contributed by atoms with Gasteiger partial charge in [-0.15, -0.1) is 0 Å². The Bertz CT molecular complexity index is 487. The van der Waals surface area contributed by atoms with Crippen LogP contribution < -0.4 is 11.1 Å². The summed E-state index contributed by atoms with van der Waals surface area (Å²) >= 11 is 3.46. The van der Waals surface area contributed by atoms with Crippen LogP contribution in [0.4, 0.5) is 5.69 Å². The molecule has 110 valence electrons. The summed E-state index contributed by atoms with van der Waals surface area (Å²) in [6.07, 6.45) is 1.07. The summed E-state index contributed by atoms with van der Waals surface area (Å²) in [5.41, 5.74) is 6.95. The molecule has 1 aromatic carbocycles. The van der Waals surface area contributed by atoms with Crippen molar-refractivity contribution in [2.24, 2.45) is 5.73 Å². The third-order valence-electron chi connectivity index (χ3n) is 3.49. The van der Waals surface area contributed by atoms with Gasteiger partial charge in [-0.3, -0.25) is 4.79 Å². The van der Waals surface area contributed by atoms with Gasteiger partial charge in [0.2, 0.25) is 5.91 Å². The van der Waals surface area contributed by atoms with E-state index in [-0.39, 0.29) is 5.91 Å². The Morgan fingerprint density at radius 2 is 2.20 bits per heavy atom. The van der Waals surface area contributed by atoms with E-state index in [2.05, 4.69) is 21.2 Å². The number of nitrogens with two attached hydrogens (primary N) is 1. The number of carbonyl (C=O) groups excluding carboxylic acids is 1. The Hall–Kier alpha value is -0.950. The number of hydrogen-bond donors (Lipinski definition) is 2. The molecule has 1 amide bonds. The fourth-order valence-electron chi connectivity index (χ4n) is 2.18. The third kappa shape index (κ3) is 3.38. The zero-order valence-electron chi connectivity index (χ0n) is 11.4. The normalized spacial score (nSPS) is 17.8. The van der Waals surface area contributed by atoms with Crippen LogP contribution in [-0.2, 0) is 20.9 Å². The lowest BCUT2D eigenvalue weighted by Gasteiger charge is -2.32. The molecule has 6 heteroatoms. The predicted octanol–water partition coefficient (Wildman–Crippen LogP) is 2.04. The Morgan fingerprint density at radius 1 is 1.50 bits per heavy atom. The maximum absolute atomic E-state index is 12.4. The SMILES string of the molecule is COCc1c(Br)cccc1NC(=O)C1(N)CCOCC1. The summed E-state index contributed by atoms with van der Waals surface area (Å²) in [6, 6.07) is 5.63. The first-order valence-corrected chi connectivity index (χ1v) is 7.30. The van der Waals surface area contributed by atoms with Crippen molar-refractivity contribution in [3.8, 4) is 0 Å². The van der Waals surface area contributed by atoms with Crippen LogP contribution in [0.2, 0.25) is 0 Å². The second kappa shape index (κ2) is 6.67. The highest BCUT2D eigenvalue weighted by Gasteiger charge is 2.36. The first-order chi connectivity index (χ1) is 9.57. The van der Waals surface area contributed by atoms with Crippen LogP contribution in [-0.4, -0.2) is 31.8 Å². The number of ether oxygens (including phenoxy) is 2. The molecule has 0 aromatic heterocycles. The molecule has 1 aliphatic heterocycles. The van der Waals surface area contributed by atoms with Gasteiger partial charge in [-0.05, 0) is 25.0 Å². The van der Waals surface area contributed by atoms with Gasteiger partial charge in [-0.1, -0.05) is 22.0 Å². The Balaban J connectivity index is 2.17. The molecule has 0 saturated carbocycles. The van der Waals surface area contributed by atoms with E-state index in [1.165, 1.54) is 0 Å². The number of amides is 1. The molecule has 1 fully saturated rings. The first kappa shape index (κ1) is 15.4. The van der Waals surface area contributed by atoms with Gasteiger partial charge in [-0.25, -0.2) is 0 Å². The number of hydrogen-bond acceptors (Lipinski definition) is 4. The number of anilines is 1. The summed E-state index contributed by atoms with van der Waals surface area (Å²) in [5.74, 6) is -0.170. The van der Waals surface area contributed by atoms with Crippen molar-refractivity contribution in [2.75, 3.05) is 25.6 Å². The second-order valence-corrected chi connectivity index (χ2v) is 5.78. The lowest BCUT2D eigenvalue weighted by Crippen LogP contribution is -2.54. The van der Waals surface area contributed by atoms with Crippen molar-refractivity contribution < 1.29 is 14.3 Å². The molecular formula is C14H19BrN2O3. The highest BCUT2D eigenvalue weighted by atomic mass is 79.9. The molecule has 3 N–H and O–H groups in total. The minimum Gasteiger partial charge on any atom is -0.381 e. The predicted molar refractivity (Wildman–Crippen MR) is 80.5 cm³/mol. The highest BCUT2D eigenvalue weighted by Crippen LogP contribution is 2.27. The minimum atomic E-state index is -0.856. The highest BCUT2D eigenvalue weighted by molar-refractivity contribution is 9.10. The lowest BCUT2D eigenvalue weighted by atomic mass is 9.90. The van der Waals surface area contributed by atoms with E-state index in [9.17, 15) is 4.79 Å². The minimum absolute atomic E-state index is 0.170. The molecule has 0 aliphatic carbocycles. The largest absolute Gasteiger partial charge is 0.381 e. The summed E-state index contributed by atoms with van der Waals surface area (Å²) in [5, 5.41) is 2.92. The molecule has 1 saturated heterocycles. The van der Waals surface area contributed by atoms with Gasteiger partial charge in [-0.2, -0.15) is 0 Å². The van der Waals surface area contributed by atoms with Crippen molar-refractivity contribution in [1.29, 1.82) is 0 Å². The number of halogens is 1. The summed E-state index contributed by atoms with van der Waals surface area (Å²) in [7, 11) is 1.62. The van der Waals surface area contributed by atoms with Crippen LogP contribution in [0.15, 0.2) is 22.7 Å². The Kier molecular flexibility index (Phi) is 5.15. The zero-order chi connectivity index (χ0) is 14.6. The molecule has 0 atom stereocenters. The average Bonchev–Trinajstić information content (AvgIpc) is 2.43. The summed E-state index contributed by atoms with van der Waals surface area (Å²) < 4.78 is 11.3. The van der Waals surface area contributed by atoms with Crippen LogP contribution in [0.25, 0.3) is 0 Å². The Morgan fingerprint density at radius 3 is 2.85 bits per heavy atom. The average molecular weight is 343 g/mol. The molecule has 0 bridgehead atoms. The molecule has 1 aliphatic rings. The van der Waals surface area contributed by atoms with Crippen LogP contribution in [0.1, 0.15) is 18.4 Å².